The maximum Gasteiger partial charge on any atom is 0.242 e. The molecule has 0 unspecified atom stereocenters. The van der Waals surface area contributed by atoms with Gasteiger partial charge in [0.05, 0.1) is 4.90 Å². The summed E-state index contributed by atoms with van der Waals surface area (Å²) in [5.74, 6) is -0.370. The van der Waals surface area contributed by atoms with Crippen molar-refractivity contribution in [1.82, 2.24) is 4.72 Å². The van der Waals surface area contributed by atoms with Crippen LogP contribution in [0.5, 0.6) is 0 Å². The zero-order chi connectivity index (χ0) is 24.9. The summed E-state index contributed by atoms with van der Waals surface area (Å²) in [6, 6.07) is 18.1. The van der Waals surface area contributed by atoms with E-state index in [9.17, 15) is 13.2 Å². The molecule has 0 fully saturated rings. The van der Waals surface area contributed by atoms with Crippen LogP contribution in [0.25, 0.3) is 0 Å². The van der Waals surface area contributed by atoms with Gasteiger partial charge in [-0.05, 0) is 67.9 Å². The minimum atomic E-state index is -3.94. The average molecular weight is 479 g/mol. The Morgan fingerprint density at radius 2 is 1.41 bits per heavy atom. The Hall–Kier alpha value is -2.96. The van der Waals surface area contributed by atoms with Gasteiger partial charge in [-0.15, -0.1) is 0 Å². The molecule has 0 spiro atoms. The lowest BCUT2D eigenvalue weighted by atomic mass is 10.0. The number of benzene rings is 3. The molecule has 0 aromatic heterocycles. The number of carbonyl (C=O) groups excluding carboxylic acids is 1. The SMILES string of the molecule is CCc1cccc(CC)c1NC(=O)[C@@H](Cc1ccccc1)NS(=O)(=O)c1c(C)cc(C)cc1C. The summed E-state index contributed by atoms with van der Waals surface area (Å²) in [5, 5.41) is 3.05. The molecule has 0 aliphatic heterocycles. The topological polar surface area (TPSA) is 75.3 Å². The molecule has 3 rings (SSSR count). The zero-order valence-corrected chi connectivity index (χ0v) is 21.4. The number of hydrogen-bond donors (Lipinski definition) is 2. The van der Waals surface area contributed by atoms with E-state index in [1.165, 1.54) is 0 Å². The number of rotatable bonds is 9. The molecule has 0 radical (unpaired) electrons. The minimum Gasteiger partial charge on any atom is -0.324 e. The third-order valence-corrected chi connectivity index (χ3v) is 7.79. The van der Waals surface area contributed by atoms with Crippen LogP contribution in [0.4, 0.5) is 5.69 Å². The lowest BCUT2D eigenvalue weighted by molar-refractivity contribution is -0.117. The zero-order valence-electron chi connectivity index (χ0n) is 20.6. The molecule has 3 aromatic carbocycles. The fourth-order valence-corrected chi connectivity index (χ4v) is 6.14. The normalized spacial score (nSPS) is 12.4. The highest BCUT2D eigenvalue weighted by atomic mass is 32.2. The summed E-state index contributed by atoms with van der Waals surface area (Å²) in [4.78, 5) is 13.8. The standard InChI is InChI=1S/C28H34N2O3S/c1-6-23-14-11-15-24(7-2)26(23)29-28(31)25(18-22-12-9-8-10-13-22)30-34(32,33)27-20(4)16-19(3)17-21(27)5/h8-17,25,30H,6-7,18H2,1-5H3,(H,29,31)/t25-/m1/s1. The third kappa shape index (κ3) is 5.93. The molecular weight excluding hydrogens is 444 g/mol. The first-order valence-corrected chi connectivity index (χ1v) is 13.2. The maximum atomic E-state index is 13.5. The van der Waals surface area contributed by atoms with Crippen molar-refractivity contribution in [2.45, 2.75) is 64.8 Å². The van der Waals surface area contributed by atoms with Crippen molar-refractivity contribution in [2.75, 3.05) is 5.32 Å². The summed E-state index contributed by atoms with van der Waals surface area (Å²) in [7, 11) is -3.94. The predicted octanol–water partition coefficient (Wildman–Crippen LogP) is 5.26. The van der Waals surface area contributed by atoms with E-state index in [1.54, 1.807) is 13.8 Å². The molecule has 34 heavy (non-hydrogen) atoms. The molecule has 0 saturated carbocycles. The number of anilines is 1. The van der Waals surface area contributed by atoms with Gasteiger partial charge in [-0.2, -0.15) is 4.72 Å². The van der Waals surface area contributed by atoms with E-state index in [0.717, 1.165) is 40.8 Å². The highest BCUT2D eigenvalue weighted by molar-refractivity contribution is 7.89. The summed E-state index contributed by atoms with van der Waals surface area (Å²) in [5.41, 5.74) is 6.02. The molecule has 1 atom stereocenters. The Labute approximate surface area is 203 Å². The number of carbonyl (C=O) groups is 1. The average Bonchev–Trinajstić information content (AvgIpc) is 2.78. The van der Waals surface area contributed by atoms with Crippen LogP contribution in [-0.4, -0.2) is 20.4 Å². The van der Waals surface area contributed by atoms with Gasteiger partial charge in [0.15, 0.2) is 0 Å². The molecule has 0 heterocycles. The molecule has 3 aromatic rings. The number of hydrogen-bond acceptors (Lipinski definition) is 3. The Bertz CT molecular complexity index is 1220. The van der Waals surface area contributed by atoms with Crippen molar-refractivity contribution in [1.29, 1.82) is 0 Å². The van der Waals surface area contributed by atoms with Gasteiger partial charge in [-0.25, -0.2) is 8.42 Å². The molecule has 0 saturated heterocycles. The second-order valence-corrected chi connectivity index (χ2v) is 10.4. The van der Waals surface area contributed by atoms with E-state index >= 15 is 0 Å². The maximum absolute atomic E-state index is 13.5. The van der Waals surface area contributed by atoms with Crippen LogP contribution in [0.2, 0.25) is 0 Å². The van der Waals surface area contributed by atoms with E-state index in [4.69, 9.17) is 0 Å². The monoisotopic (exact) mass is 478 g/mol. The third-order valence-electron chi connectivity index (χ3n) is 6.02. The fraction of sp³-hybridized carbons (Fsp3) is 0.321. The Balaban J connectivity index is 1.99. The Kier molecular flexibility index (Phi) is 8.28. The number of nitrogens with one attached hydrogen (secondary N) is 2. The van der Waals surface area contributed by atoms with Crippen LogP contribution in [0, 0.1) is 20.8 Å². The lowest BCUT2D eigenvalue weighted by Gasteiger charge is -2.22. The van der Waals surface area contributed by atoms with Crippen LogP contribution in [0.3, 0.4) is 0 Å². The number of aryl methyl sites for hydroxylation is 5. The fourth-order valence-electron chi connectivity index (χ4n) is 4.49. The molecule has 180 valence electrons. The highest BCUT2D eigenvalue weighted by Gasteiger charge is 2.29. The van der Waals surface area contributed by atoms with Gasteiger partial charge in [0.25, 0.3) is 0 Å². The van der Waals surface area contributed by atoms with Gasteiger partial charge < -0.3 is 5.32 Å². The van der Waals surface area contributed by atoms with Crippen molar-refractivity contribution < 1.29 is 13.2 Å². The van der Waals surface area contributed by atoms with E-state index in [0.29, 0.717) is 11.1 Å². The molecular formula is C28H34N2O3S. The Morgan fingerprint density at radius 1 is 0.853 bits per heavy atom. The van der Waals surface area contributed by atoms with Crippen molar-refractivity contribution in [3.63, 3.8) is 0 Å². The van der Waals surface area contributed by atoms with Crippen LogP contribution >= 0.6 is 0 Å². The summed E-state index contributed by atoms with van der Waals surface area (Å²) >= 11 is 0. The molecule has 2 N–H and O–H groups in total. The second kappa shape index (κ2) is 11.0. The first kappa shape index (κ1) is 25.7. The van der Waals surface area contributed by atoms with Crippen LogP contribution < -0.4 is 10.0 Å². The first-order chi connectivity index (χ1) is 16.2. The van der Waals surface area contributed by atoms with Gasteiger partial charge in [0.1, 0.15) is 6.04 Å². The van der Waals surface area contributed by atoms with Crippen molar-refractivity contribution in [3.8, 4) is 0 Å². The van der Waals surface area contributed by atoms with Gasteiger partial charge >= 0.3 is 0 Å². The van der Waals surface area contributed by atoms with Crippen molar-refractivity contribution in [3.05, 3.63) is 94.0 Å². The quantitative estimate of drug-likeness (QED) is 0.440. The number of sulfonamides is 1. The van der Waals surface area contributed by atoms with Gasteiger partial charge in [0.2, 0.25) is 15.9 Å². The Morgan fingerprint density at radius 3 is 1.94 bits per heavy atom. The summed E-state index contributed by atoms with van der Waals surface area (Å²) in [6.07, 6.45) is 1.77. The summed E-state index contributed by atoms with van der Waals surface area (Å²) < 4.78 is 29.7. The predicted molar refractivity (Wildman–Crippen MR) is 139 cm³/mol. The second-order valence-electron chi connectivity index (χ2n) is 8.74. The van der Waals surface area contributed by atoms with Crippen LogP contribution in [0.1, 0.15) is 47.2 Å². The molecule has 0 aliphatic carbocycles. The van der Waals surface area contributed by atoms with E-state index < -0.39 is 16.1 Å². The van der Waals surface area contributed by atoms with Gasteiger partial charge in [-0.1, -0.05) is 80.1 Å². The van der Waals surface area contributed by atoms with E-state index in [1.807, 2.05) is 81.4 Å². The first-order valence-electron chi connectivity index (χ1n) is 11.7. The van der Waals surface area contributed by atoms with Crippen molar-refractivity contribution >= 4 is 21.6 Å². The minimum absolute atomic E-state index is 0.229. The molecule has 6 heteroatoms. The molecule has 0 aliphatic rings. The molecule has 1 amide bonds. The smallest absolute Gasteiger partial charge is 0.242 e. The van der Waals surface area contributed by atoms with Gasteiger partial charge in [0, 0.05) is 5.69 Å². The van der Waals surface area contributed by atoms with E-state index in [2.05, 4.69) is 10.0 Å². The van der Waals surface area contributed by atoms with E-state index in [-0.39, 0.29) is 17.2 Å². The van der Waals surface area contributed by atoms with Crippen molar-refractivity contribution in [2.24, 2.45) is 0 Å². The summed E-state index contributed by atoms with van der Waals surface area (Å²) in [6.45, 7) is 9.58. The van der Waals surface area contributed by atoms with Crippen LogP contribution in [-0.2, 0) is 34.1 Å². The highest BCUT2D eigenvalue weighted by Crippen LogP contribution is 2.25. The van der Waals surface area contributed by atoms with Crippen LogP contribution in [0.15, 0.2) is 65.6 Å². The largest absolute Gasteiger partial charge is 0.324 e. The molecule has 5 nitrogen and oxygen atoms in total. The molecule has 0 bridgehead atoms. The lowest BCUT2D eigenvalue weighted by Crippen LogP contribution is -2.45. The van der Waals surface area contributed by atoms with Gasteiger partial charge in [-0.3, -0.25) is 4.79 Å². The number of para-hydroxylation sites is 1. The number of amides is 1.